The summed E-state index contributed by atoms with van der Waals surface area (Å²) in [6, 6.07) is 0.913. The molecular formula is C19H38N2. The SMILES string of the molecule is CCCNCC(CC)(CC)CN1CCCC1C1CCCC1. The molecule has 0 spiro atoms. The lowest BCUT2D eigenvalue weighted by Crippen LogP contribution is -2.46. The Hall–Kier alpha value is -0.0800. The van der Waals surface area contributed by atoms with Crippen molar-refractivity contribution in [3.63, 3.8) is 0 Å². The molecule has 0 aromatic carbocycles. The molecule has 0 bridgehead atoms. The minimum atomic E-state index is 0.496. The van der Waals surface area contributed by atoms with Crippen LogP contribution in [0.25, 0.3) is 0 Å². The number of rotatable bonds is 9. The van der Waals surface area contributed by atoms with Gasteiger partial charge in [-0.05, 0) is 69.4 Å². The van der Waals surface area contributed by atoms with Crippen LogP contribution in [0.4, 0.5) is 0 Å². The first-order valence-corrected chi connectivity index (χ1v) is 9.69. The highest BCUT2D eigenvalue weighted by Crippen LogP contribution is 2.38. The predicted molar refractivity (Wildman–Crippen MR) is 92.7 cm³/mol. The Morgan fingerprint density at radius 1 is 1.00 bits per heavy atom. The van der Waals surface area contributed by atoms with Gasteiger partial charge in [0.15, 0.2) is 0 Å². The summed E-state index contributed by atoms with van der Waals surface area (Å²) >= 11 is 0. The van der Waals surface area contributed by atoms with E-state index in [1.807, 2.05) is 0 Å². The molecule has 2 heteroatoms. The van der Waals surface area contributed by atoms with Crippen molar-refractivity contribution in [1.29, 1.82) is 0 Å². The number of hydrogen-bond donors (Lipinski definition) is 1. The van der Waals surface area contributed by atoms with Gasteiger partial charge < -0.3 is 5.32 Å². The van der Waals surface area contributed by atoms with Crippen LogP contribution in [-0.4, -0.2) is 37.1 Å². The van der Waals surface area contributed by atoms with Crippen molar-refractivity contribution in [2.75, 3.05) is 26.2 Å². The summed E-state index contributed by atoms with van der Waals surface area (Å²) in [6.45, 7) is 12.1. The highest BCUT2D eigenvalue weighted by atomic mass is 15.2. The maximum Gasteiger partial charge on any atom is 0.0124 e. The molecule has 1 unspecified atom stereocenters. The molecule has 2 aliphatic rings. The Bertz CT molecular complexity index is 279. The predicted octanol–water partition coefficient (Wildman–Crippen LogP) is 4.45. The molecular weight excluding hydrogens is 256 g/mol. The van der Waals surface area contributed by atoms with Crippen LogP contribution < -0.4 is 5.32 Å². The first-order valence-electron chi connectivity index (χ1n) is 9.69. The monoisotopic (exact) mass is 294 g/mol. The van der Waals surface area contributed by atoms with E-state index >= 15 is 0 Å². The second kappa shape index (κ2) is 8.53. The average Bonchev–Trinajstić information content (AvgIpc) is 3.17. The zero-order chi connectivity index (χ0) is 15.1. The summed E-state index contributed by atoms with van der Waals surface area (Å²) in [5.74, 6) is 1.02. The smallest absolute Gasteiger partial charge is 0.0124 e. The van der Waals surface area contributed by atoms with Gasteiger partial charge in [0.1, 0.15) is 0 Å². The van der Waals surface area contributed by atoms with Gasteiger partial charge in [-0.2, -0.15) is 0 Å². The highest BCUT2D eigenvalue weighted by molar-refractivity contribution is 4.92. The average molecular weight is 295 g/mol. The molecule has 2 rings (SSSR count). The van der Waals surface area contributed by atoms with Gasteiger partial charge in [0, 0.05) is 19.1 Å². The van der Waals surface area contributed by atoms with Gasteiger partial charge >= 0.3 is 0 Å². The number of likely N-dealkylation sites (tertiary alicyclic amines) is 1. The fourth-order valence-corrected chi connectivity index (χ4v) is 4.66. The Kier molecular flexibility index (Phi) is 7.01. The molecule has 1 atom stereocenters. The van der Waals surface area contributed by atoms with Crippen LogP contribution in [0.15, 0.2) is 0 Å². The zero-order valence-electron chi connectivity index (χ0n) is 14.8. The number of nitrogens with zero attached hydrogens (tertiary/aromatic N) is 1. The van der Waals surface area contributed by atoms with Gasteiger partial charge in [-0.3, -0.25) is 4.90 Å². The fourth-order valence-electron chi connectivity index (χ4n) is 4.66. The third kappa shape index (κ3) is 4.45. The standard InChI is InChI=1S/C19H38N2/c1-4-13-20-15-19(5-2,6-3)16-21-14-9-12-18(21)17-10-7-8-11-17/h17-18,20H,4-16H2,1-3H3. The lowest BCUT2D eigenvalue weighted by molar-refractivity contribution is 0.101. The summed E-state index contributed by atoms with van der Waals surface area (Å²) in [7, 11) is 0. The Balaban J connectivity index is 1.94. The maximum atomic E-state index is 3.71. The zero-order valence-corrected chi connectivity index (χ0v) is 14.8. The molecule has 21 heavy (non-hydrogen) atoms. The first kappa shape index (κ1) is 17.3. The van der Waals surface area contributed by atoms with Crippen LogP contribution in [0.2, 0.25) is 0 Å². The van der Waals surface area contributed by atoms with Crippen molar-refractivity contribution < 1.29 is 0 Å². The van der Waals surface area contributed by atoms with E-state index in [-0.39, 0.29) is 0 Å². The van der Waals surface area contributed by atoms with E-state index in [1.165, 1.54) is 84.0 Å². The van der Waals surface area contributed by atoms with Crippen molar-refractivity contribution in [1.82, 2.24) is 10.2 Å². The Labute approximate surface area is 133 Å². The molecule has 1 aliphatic heterocycles. The molecule has 2 fully saturated rings. The largest absolute Gasteiger partial charge is 0.316 e. The third-order valence-electron chi connectivity index (χ3n) is 6.32. The molecule has 0 radical (unpaired) electrons. The second-order valence-electron chi connectivity index (χ2n) is 7.61. The van der Waals surface area contributed by atoms with Gasteiger partial charge in [0.05, 0.1) is 0 Å². The quantitative estimate of drug-likeness (QED) is 0.632. The third-order valence-corrected chi connectivity index (χ3v) is 6.32. The van der Waals surface area contributed by atoms with Crippen LogP contribution in [0, 0.1) is 11.3 Å². The summed E-state index contributed by atoms with van der Waals surface area (Å²) in [5.41, 5.74) is 0.496. The molecule has 1 N–H and O–H groups in total. The van der Waals surface area contributed by atoms with Crippen molar-refractivity contribution in [3.05, 3.63) is 0 Å². The summed E-state index contributed by atoms with van der Waals surface area (Å²) in [5, 5.41) is 3.71. The first-order chi connectivity index (χ1) is 10.2. The van der Waals surface area contributed by atoms with Crippen LogP contribution in [0.5, 0.6) is 0 Å². The van der Waals surface area contributed by atoms with Crippen LogP contribution in [0.1, 0.15) is 78.6 Å². The van der Waals surface area contributed by atoms with Crippen LogP contribution >= 0.6 is 0 Å². The number of nitrogens with one attached hydrogen (secondary N) is 1. The van der Waals surface area contributed by atoms with Gasteiger partial charge in [-0.1, -0.05) is 33.6 Å². The highest BCUT2D eigenvalue weighted by Gasteiger charge is 2.37. The Morgan fingerprint density at radius 2 is 1.71 bits per heavy atom. The van der Waals surface area contributed by atoms with E-state index in [4.69, 9.17) is 0 Å². The van der Waals surface area contributed by atoms with E-state index in [2.05, 4.69) is 31.0 Å². The topological polar surface area (TPSA) is 15.3 Å². The van der Waals surface area contributed by atoms with Crippen molar-refractivity contribution in [2.45, 2.75) is 84.6 Å². The summed E-state index contributed by atoms with van der Waals surface area (Å²) in [4.78, 5) is 2.89. The maximum absolute atomic E-state index is 3.71. The lowest BCUT2D eigenvalue weighted by atomic mass is 9.81. The molecule has 0 aromatic heterocycles. The summed E-state index contributed by atoms with van der Waals surface area (Å²) in [6.07, 6.45) is 12.8. The summed E-state index contributed by atoms with van der Waals surface area (Å²) < 4.78 is 0. The number of hydrogen-bond acceptors (Lipinski definition) is 2. The van der Waals surface area contributed by atoms with Crippen molar-refractivity contribution in [2.24, 2.45) is 11.3 Å². The molecule has 1 heterocycles. The minimum Gasteiger partial charge on any atom is -0.316 e. The molecule has 124 valence electrons. The van der Waals surface area contributed by atoms with E-state index in [9.17, 15) is 0 Å². The normalized spacial score (nSPS) is 25.0. The molecule has 2 nitrogen and oxygen atoms in total. The van der Waals surface area contributed by atoms with Crippen molar-refractivity contribution in [3.8, 4) is 0 Å². The van der Waals surface area contributed by atoms with Crippen molar-refractivity contribution >= 4 is 0 Å². The minimum absolute atomic E-state index is 0.496. The van der Waals surface area contributed by atoms with Gasteiger partial charge in [0.25, 0.3) is 0 Å². The van der Waals surface area contributed by atoms with E-state index in [0.29, 0.717) is 5.41 Å². The fraction of sp³-hybridized carbons (Fsp3) is 1.00. The Morgan fingerprint density at radius 3 is 2.33 bits per heavy atom. The van der Waals surface area contributed by atoms with Gasteiger partial charge in [0.2, 0.25) is 0 Å². The van der Waals surface area contributed by atoms with Gasteiger partial charge in [-0.25, -0.2) is 0 Å². The molecule has 1 saturated heterocycles. The molecule has 1 saturated carbocycles. The molecule has 0 aromatic rings. The van der Waals surface area contributed by atoms with E-state index in [0.717, 1.165) is 12.0 Å². The van der Waals surface area contributed by atoms with Gasteiger partial charge in [-0.15, -0.1) is 0 Å². The van der Waals surface area contributed by atoms with Crippen LogP contribution in [-0.2, 0) is 0 Å². The second-order valence-corrected chi connectivity index (χ2v) is 7.61. The molecule has 1 aliphatic carbocycles. The van der Waals surface area contributed by atoms with E-state index in [1.54, 1.807) is 0 Å². The lowest BCUT2D eigenvalue weighted by Gasteiger charge is -2.40. The molecule has 0 amide bonds. The van der Waals surface area contributed by atoms with Crippen LogP contribution in [0.3, 0.4) is 0 Å². The van der Waals surface area contributed by atoms with E-state index < -0.39 is 0 Å².